The molecule has 1 aliphatic rings. The predicted molar refractivity (Wildman–Crippen MR) is 371 cm³/mol. The van der Waals surface area contributed by atoms with E-state index in [2.05, 4.69) is 356 Å². The minimum absolute atomic E-state index is 0.529. The van der Waals surface area contributed by atoms with Gasteiger partial charge < -0.3 is 18.6 Å². The molecule has 0 saturated carbocycles. The molecule has 0 amide bonds. The summed E-state index contributed by atoms with van der Waals surface area (Å²) in [5.41, 5.74) is 17.6. The van der Waals surface area contributed by atoms with Gasteiger partial charge in [-0.25, -0.2) is 4.98 Å². The smallest absolute Gasteiger partial charge is 0.237 e. The van der Waals surface area contributed by atoms with Crippen molar-refractivity contribution in [3.63, 3.8) is 0 Å². The van der Waals surface area contributed by atoms with Gasteiger partial charge in [0.15, 0.2) is 5.82 Å². The minimum atomic E-state index is 0.529. The van der Waals surface area contributed by atoms with Gasteiger partial charge in [0.1, 0.15) is 0 Å². The molecule has 0 bridgehead atoms. The van der Waals surface area contributed by atoms with Gasteiger partial charge in [0, 0.05) is 94.6 Å². The van der Waals surface area contributed by atoms with Gasteiger partial charge in [-0.2, -0.15) is 4.98 Å². The molecule has 89 heavy (non-hydrogen) atoms. The molecule has 0 spiro atoms. The zero-order chi connectivity index (χ0) is 58.8. The second-order valence-corrected chi connectivity index (χ2v) is 22.5. The van der Waals surface area contributed by atoms with Crippen LogP contribution >= 0.6 is 0 Å². The van der Waals surface area contributed by atoms with E-state index in [1.807, 2.05) is 0 Å². The lowest BCUT2D eigenvalue weighted by Gasteiger charge is -2.29. The van der Waals surface area contributed by atoms with E-state index in [1.54, 1.807) is 0 Å². The van der Waals surface area contributed by atoms with Crippen LogP contribution in [0.2, 0.25) is 0 Å². The van der Waals surface area contributed by atoms with E-state index in [0.717, 1.165) is 129 Å². The Kier molecular flexibility index (Phi) is 12.4. The lowest BCUT2D eigenvalue weighted by Crippen LogP contribution is -2.20. The molecule has 1 aliphatic carbocycles. The normalized spacial score (nSPS) is 12.4. The monoisotopic (exact) mass is 1140 g/mol. The number of allylic oxidation sites excluding steroid dienone is 5. The molecule has 4 aromatic heterocycles. The third-order valence-corrected chi connectivity index (χ3v) is 17.4. The fourth-order valence-corrected chi connectivity index (χ4v) is 13.5. The molecule has 8 heteroatoms. The van der Waals surface area contributed by atoms with Gasteiger partial charge in [-0.15, -0.1) is 0 Å². The summed E-state index contributed by atoms with van der Waals surface area (Å²) in [6.45, 7) is 0. The van der Waals surface area contributed by atoms with Crippen molar-refractivity contribution in [2.24, 2.45) is 0 Å². The van der Waals surface area contributed by atoms with Gasteiger partial charge in [0.05, 0.1) is 38.6 Å². The summed E-state index contributed by atoms with van der Waals surface area (Å²) in [7, 11) is 0. The van der Waals surface area contributed by atoms with Crippen molar-refractivity contribution in [2.75, 3.05) is 14.7 Å². The van der Waals surface area contributed by atoms with E-state index in [-0.39, 0.29) is 0 Å². The summed E-state index contributed by atoms with van der Waals surface area (Å²) in [4.78, 5) is 18.6. The Bertz CT molecular complexity index is 5430. The number of nitrogens with zero attached hydrogens (tertiary/aromatic N) is 8. The van der Waals surface area contributed by atoms with E-state index < -0.39 is 0 Å². The van der Waals surface area contributed by atoms with Gasteiger partial charge in [-0.1, -0.05) is 182 Å². The van der Waals surface area contributed by atoms with Crippen molar-refractivity contribution in [1.82, 2.24) is 23.7 Å². The van der Waals surface area contributed by atoms with Crippen molar-refractivity contribution in [3.8, 4) is 17.1 Å². The van der Waals surface area contributed by atoms with Crippen LogP contribution in [0.3, 0.4) is 0 Å². The Morgan fingerprint density at radius 3 is 1.29 bits per heavy atom. The van der Waals surface area contributed by atoms with Crippen molar-refractivity contribution >= 4 is 122 Å². The molecular formula is C81H56N8. The third kappa shape index (κ3) is 8.76. The number of rotatable bonds is 12. The lowest BCUT2D eigenvalue weighted by molar-refractivity contribution is 1.06. The minimum Gasteiger partial charge on any atom is -0.310 e. The van der Waals surface area contributed by atoms with Crippen LogP contribution in [0.25, 0.3) is 93.4 Å². The van der Waals surface area contributed by atoms with Gasteiger partial charge in [-0.05, 0) is 152 Å². The maximum Gasteiger partial charge on any atom is 0.237 e. The Hall–Kier alpha value is -12.0. The summed E-state index contributed by atoms with van der Waals surface area (Å²) in [5.74, 6) is 1.26. The number of para-hydroxylation sites is 8. The number of fused-ring (bicyclic) bond motifs is 10. The van der Waals surface area contributed by atoms with Gasteiger partial charge in [-0.3, -0.25) is 9.80 Å². The summed E-state index contributed by atoms with van der Waals surface area (Å²) >= 11 is 0. The molecule has 16 aromatic rings. The van der Waals surface area contributed by atoms with E-state index in [0.29, 0.717) is 5.95 Å². The van der Waals surface area contributed by atoms with Crippen molar-refractivity contribution < 1.29 is 0 Å². The Morgan fingerprint density at radius 1 is 0.281 bits per heavy atom. The molecule has 0 radical (unpaired) electrons. The molecule has 8 nitrogen and oxygen atoms in total. The molecule has 0 fully saturated rings. The molecule has 0 N–H and O–H groups in total. The van der Waals surface area contributed by atoms with Gasteiger partial charge >= 0.3 is 0 Å². The fraction of sp³-hybridized carbons (Fsp3) is 0.0123. The predicted octanol–water partition coefficient (Wildman–Crippen LogP) is 21.4. The Morgan fingerprint density at radius 2 is 0.719 bits per heavy atom. The molecule has 420 valence electrons. The van der Waals surface area contributed by atoms with E-state index in [4.69, 9.17) is 9.97 Å². The zero-order valence-electron chi connectivity index (χ0n) is 48.5. The highest BCUT2D eigenvalue weighted by Crippen LogP contribution is 2.46. The highest BCUT2D eigenvalue weighted by atomic mass is 15.3. The second kappa shape index (κ2) is 21.5. The lowest BCUT2D eigenvalue weighted by atomic mass is 10.1. The van der Waals surface area contributed by atoms with Crippen LogP contribution < -0.4 is 14.7 Å². The topological polar surface area (TPSA) is 50.3 Å². The van der Waals surface area contributed by atoms with Crippen LogP contribution in [0.5, 0.6) is 0 Å². The molecular weight excluding hydrogens is 1080 g/mol. The number of hydrogen-bond acceptors (Lipinski definition) is 5. The van der Waals surface area contributed by atoms with Gasteiger partial charge in [0.25, 0.3) is 0 Å². The van der Waals surface area contributed by atoms with Crippen molar-refractivity contribution in [1.29, 1.82) is 0 Å². The molecule has 0 atom stereocenters. The van der Waals surface area contributed by atoms with Crippen LogP contribution in [0.15, 0.2) is 333 Å². The average Bonchev–Trinajstić information content (AvgIpc) is 1.86. The molecule has 0 unspecified atom stereocenters. The standard InChI is InChI=1S/C81H56N8/c1-2-9-31-58(30-8-1)85(65-45-49-69-66-38-20-23-41-74(66)88(78(69)55-65)61-36-18-7-19-37-61)80-72-53-63(89-75-42-24-21-39-67(75)70-48-44-64(54-79(70)89)84(56-26-10-3-11-27-56)57-28-12-4-13-29-57)46-50-73(72)82-81(83-80)86(59-32-14-5-15-33-59)62-47-51-77-71(52-62)68-40-22-25-43-76(68)87(77)60-34-16-6-17-35-60/h1-8,10-55H,9H2. The van der Waals surface area contributed by atoms with Crippen LogP contribution in [0.1, 0.15) is 6.42 Å². The Labute approximate surface area is 514 Å². The van der Waals surface area contributed by atoms with E-state index >= 15 is 0 Å². The van der Waals surface area contributed by atoms with Crippen LogP contribution in [-0.4, -0.2) is 23.7 Å². The Balaban J connectivity index is 0.940. The molecule has 17 rings (SSSR count). The largest absolute Gasteiger partial charge is 0.310 e. The summed E-state index contributed by atoms with van der Waals surface area (Å²) in [5, 5.41) is 7.85. The quantitative estimate of drug-likeness (QED) is 0.122. The number of anilines is 8. The van der Waals surface area contributed by atoms with Gasteiger partial charge in [0.2, 0.25) is 5.95 Å². The first-order valence-electron chi connectivity index (χ1n) is 30.3. The third-order valence-electron chi connectivity index (χ3n) is 17.4. The molecule has 0 saturated heterocycles. The highest BCUT2D eigenvalue weighted by Gasteiger charge is 2.27. The van der Waals surface area contributed by atoms with Crippen LogP contribution in [-0.2, 0) is 0 Å². The van der Waals surface area contributed by atoms with E-state index in [9.17, 15) is 0 Å². The molecule has 4 heterocycles. The highest BCUT2D eigenvalue weighted by molar-refractivity contribution is 6.13. The molecule has 12 aromatic carbocycles. The average molecular weight is 1140 g/mol. The maximum atomic E-state index is 6.00. The fourth-order valence-electron chi connectivity index (χ4n) is 13.5. The van der Waals surface area contributed by atoms with E-state index in [1.165, 1.54) is 16.2 Å². The maximum absolute atomic E-state index is 6.00. The summed E-state index contributed by atoms with van der Waals surface area (Å²) < 4.78 is 7.17. The summed E-state index contributed by atoms with van der Waals surface area (Å²) in [6.07, 6.45) is 11.7. The number of aromatic nitrogens is 5. The zero-order valence-corrected chi connectivity index (χ0v) is 48.5. The van der Waals surface area contributed by atoms with Crippen molar-refractivity contribution in [2.45, 2.75) is 6.42 Å². The molecule has 0 aliphatic heterocycles. The first kappa shape index (κ1) is 51.4. The SMILES string of the molecule is C1=CCC=C(N(c2ccc3c4ccccc4n(-c4ccccc4)c3c2)c2nc(N(c3ccccc3)c3ccc4c(c3)c3ccccc3n4-c3ccccc3)nc3ccc(-n4c5ccccc5c5ccc(N(c6ccccc6)c6ccccc6)cc54)cc23)C=C1. The first-order chi connectivity index (χ1) is 44.2. The number of benzene rings is 12. The second-order valence-electron chi connectivity index (χ2n) is 22.5. The van der Waals surface area contributed by atoms with Crippen molar-refractivity contribution in [3.05, 3.63) is 333 Å². The number of hydrogen-bond donors (Lipinski definition) is 0. The van der Waals surface area contributed by atoms with Crippen LogP contribution in [0, 0.1) is 0 Å². The van der Waals surface area contributed by atoms with Crippen LogP contribution in [0.4, 0.5) is 45.9 Å². The summed E-state index contributed by atoms with van der Waals surface area (Å²) in [6, 6.07) is 107. The first-order valence-corrected chi connectivity index (χ1v) is 30.3.